The van der Waals surface area contributed by atoms with Crippen molar-refractivity contribution in [3.05, 3.63) is 71.5 Å². The largest absolute Gasteiger partial charge is 0.496 e. The number of para-hydroxylation sites is 1. The Hall–Kier alpha value is -3.27. The van der Waals surface area contributed by atoms with Crippen LogP contribution in [0.3, 0.4) is 0 Å². The van der Waals surface area contributed by atoms with Crippen molar-refractivity contribution in [2.24, 2.45) is 0 Å². The molecular formula is C30H40N2O6Si. The Kier molecular flexibility index (Phi) is 10.2. The van der Waals surface area contributed by atoms with E-state index < -0.39 is 20.4 Å². The molecule has 1 heterocycles. The maximum absolute atomic E-state index is 12.2. The van der Waals surface area contributed by atoms with E-state index in [0.29, 0.717) is 35.2 Å². The molecule has 8 nitrogen and oxygen atoms in total. The van der Waals surface area contributed by atoms with E-state index in [0.717, 1.165) is 11.1 Å². The molecule has 1 N–H and O–H groups in total. The number of carbonyl (C=O) groups excluding carboxylic acids is 1. The van der Waals surface area contributed by atoms with Gasteiger partial charge in [0.1, 0.15) is 18.1 Å². The van der Waals surface area contributed by atoms with E-state index in [1.807, 2.05) is 42.5 Å². The van der Waals surface area contributed by atoms with Crippen molar-refractivity contribution >= 4 is 14.3 Å². The highest BCUT2D eigenvalue weighted by Crippen LogP contribution is 2.37. The second kappa shape index (κ2) is 13.2. The van der Waals surface area contributed by atoms with Crippen LogP contribution in [0.25, 0.3) is 11.4 Å². The predicted octanol–water partition coefficient (Wildman–Crippen LogP) is 5.72. The fraction of sp³-hybridized carbons (Fsp3) is 0.433. The summed E-state index contributed by atoms with van der Waals surface area (Å²) in [6, 6.07) is 15.1. The van der Waals surface area contributed by atoms with Gasteiger partial charge in [-0.1, -0.05) is 39.0 Å². The summed E-state index contributed by atoms with van der Waals surface area (Å²) in [6.07, 6.45) is 0.429. The lowest BCUT2D eigenvalue weighted by molar-refractivity contribution is -0.152. The van der Waals surface area contributed by atoms with Gasteiger partial charge in [0.15, 0.2) is 20.2 Å². The van der Waals surface area contributed by atoms with E-state index in [2.05, 4.69) is 43.8 Å². The van der Waals surface area contributed by atoms with Crippen LogP contribution in [0.2, 0.25) is 18.1 Å². The first-order chi connectivity index (χ1) is 18.4. The third-order valence-corrected chi connectivity index (χ3v) is 11.4. The molecule has 0 unspecified atom stereocenters. The summed E-state index contributed by atoms with van der Waals surface area (Å²) in [7, 11) is -0.347. The van der Waals surface area contributed by atoms with Crippen molar-refractivity contribution in [1.82, 2.24) is 9.97 Å². The topological polar surface area (TPSA) is 100 Å². The van der Waals surface area contributed by atoms with Gasteiger partial charge in [0.2, 0.25) is 0 Å². The molecule has 39 heavy (non-hydrogen) atoms. The third-order valence-electron chi connectivity index (χ3n) is 6.94. The van der Waals surface area contributed by atoms with Crippen LogP contribution in [0.5, 0.6) is 11.5 Å². The van der Waals surface area contributed by atoms with E-state index in [4.69, 9.17) is 18.6 Å². The molecule has 0 fully saturated rings. The minimum absolute atomic E-state index is 0.0539. The Labute approximate surface area is 232 Å². The number of carbonyl (C=O) groups is 1. The zero-order valence-corrected chi connectivity index (χ0v) is 25.0. The molecule has 0 aliphatic carbocycles. The van der Waals surface area contributed by atoms with Crippen molar-refractivity contribution in [2.45, 2.75) is 71.6 Å². The number of nitrogens with zero attached hydrogens (tertiary/aromatic N) is 2. The Bertz CT molecular complexity index is 1260. The van der Waals surface area contributed by atoms with Crippen LogP contribution in [0.1, 0.15) is 44.5 Å². The summed E-state index contributed by atoms with van der Waals surface area (Å²) in [4.78, 5) is 21.2. The van der Waals surface area contributed by atoms with E-state index in [-0.39, 0.29) is 24.7 Å². The first-order valence-corrected chi connectivity index (χ1v) is 16.0. The second-order valence-electron chi connectivity index (χ2n) is 10.8. The van der Waals surface area contributed by atoms with Crippen LogP contribution in [0.4, 0.5) is 0 Å². The highest BCUT2D eigenvalue weighted by molar-refractivity contribution is 6.74. The number of aromatic nitrogens is 2. The van der Waals surface area contributed by atoms with Crippen LogP contribution < -0.4 is 9.47 Å². The molecule has 0 aliphatic heterocycles. The molecule has 3 rings (SSSR count). The van der Waals surface area contributed by atoms with Gasteiger partial charge in [-0.15, -0.1) is 0 Å². The highest BCUT2D eigenvalue weighted by Gasteiger charge is 2.37. The van der Waals surface area contributed by atoms with Gasteiger partial charge in [-0.05, 0) is 66.5 Å². The minimum Gasteiger partial charge on any atom is -0.496 e. The third kappa shape index (κ3) is 8.11. The smallest absolute Gasteiger partial charge is 0.335 e. The van der Waals surface area contributed by atoms with Crippen LogP contribution in [0.15, 0.2) is 54.7 Å². The zero-order valence-electron chi connectivity index (χ0n) is 24.0. The molecule has 1 atom stereocenters. The number of rotatable bonds is 12. The number of aliphatic hydroxyl groups excluding tert-OH is 1. The molecule has 0 aliphatic rings. The summed E-state index contributed by atoms with van der Waals surface area (Å²) in [5, 5.41) is 10.6. The summed E-state index contributed by atoms with van der Waals surface area (Å²) in [5.74, 6) is 1.10. The summed E-state index contributed by atoms with van der Waals surface area (Å²) >= 11 is 0. The van der Waals surface area contributed by atoms with E-state index >= 15 is 0 Å². The van der Waals surface area contributed by atoms with Crippen LogP contribution in [0, 0.1) is 0 Å². The Morgan fingerprint density at radius 2 is 1.79 bits per heavy atom. The first-order valence-electron chi connectivity index (χ1n) is 13.1. The Morgan fingerprint density at radius 3 is 2.49 bits per heavy atom. The monoisotopic (exact) mass is 552 g/mol. The number of aliphatic hydroxyl groups is 1. The maximum Gasteiger partial charge on any atom is 0.335 e. The van der Waals surface area contributed by atoms with Crippen molar-refractivity contribution in [2.75, 3.05) is 13.7 Å². The standard InChI is InChI=1S/C30H40N2O6Si/c1-8-36-29(34)25(33)18-22-17-21(19-38-39(6,7)30(2,3)4)13-14-26(22)37-20-23-15-16-31-28(32-23)24-11-9-10-12-27(24)35-5/h9-17,25,33H,8,18-20H2,1-7H3/t25-/m1/s1. The maximum atomic E-state index is 12.2. The van der Waals surface area contributed by atoms with Gasteiger partial charge in [-0.3, -0.25) is 0 Å². The number of ether oxygens (including phenoxy) is 3. The molecule has 210 valence electrons. The molecule has 0 bridgehead atoms. The van der Waals surface area contributed by atoms with E-state index in [9.17, 15) is 9.90 Å². The molecule has 9 heteroatoms. The zero-order chi connectivity index (χ0) is 28.6. The van der Waals surface area contributed by atoms with Gasteiger partial charge in [-0.2, -0.15) is 0 Å². The van der Waals surface area contributed by atoms with Crippen molar-refractivity contribution in [3.63, 3.8) is 0 Å². The summed E-state index contributed by atoms with van der Waals surface area (Å²) in [6.45, 7) is 13.5. The molecule has 3 aromatic rings. The van der Waals surface area contributed by atoms with Gasteiger partial charge in [0.25, 0.3) is 0 Å². The fourth-order valence-electron chi connectivity index (χ4n) is 3.62. The lowest BCUT2D eigenvalue weighted by Crippen LogP contribution is -2.40. The Balaban J connectivity index is 1.82. The number of hydrogen-bond donors (Lipinski definition) is 1. The minimum atomic E-state index is -1.96. The quantitative estimate of drug-likeness (QED) is 0.225. The van der Waals surface area contributed by atoms with Gasteiger partial charge in [0, 0.05) is 12.6 Å². The number of hydrogen-bond acceptors (Lipinski definition) is 8. The van der Waals surface area contributed by atoms with Crippen molar-refractivity contribution in [1.29, 1.82) is 0 Å². The molecular weight excluding hydrogens is 512 g/mol. The van der Waals surface area contributed by atoms with Crippen LogP contribution in [-0.2, 0) is 33.6 Å². The van der Waals surface area contributed by atoms with Gasteiger partial charge in [0.05, 0.1) is 31.6 Å². The number of benzene rings is 2. The molecule has 1 aromatic heterocycles. The van der Waals surface area contributed by atoms with Crippen LogP contribution >= 0.6 is 0 Å². The van der Waals surface area contributed by atoms with Crippen molar-refractivity contribution in [3.8, 4) is 22.9 Å². The van der Waals surface area contributed by atoms with Gasteiger partial charge in [-0.25, -0.2) is 14.8 Å². The molecule has 0 saturated carbocycles. The number of esters is 1. The Morgan fingerprint density at radius 1 is 1.05 bits per heavy atom. The highest BCUT2D eigenvalue weighted by atomic mass is 28.4. The fourth-order valence-corrected chi connectivity index (χ4v) is 4.58. The lowest BCUT2D eigenvalue weighted by Gasteiger charge is -2.36. The van der Waals surface area contributed by atoms with E-state index in [1.165, 1.54) is 0 Å². The van der Waals surface area contributed by atoms with Gasteiger partial charge >= 0.3 is 5.97 Å². The first kappa shape index (κ1) is 30.3. The second-order valence-corrected chi connectivity index (χ2v) is 15.6. The summed E-state index contributed by atoms with van der Waals surface area (Å²) < 4.78 is 23.0. The molecule has 0 spiro atoms. The molecule has 0 saturated heterocycles. The SMILES string of the molecule is CCOC(=O)[C@H](O)Cc1cc(CO[Si](C)(C)C(C)(C)C)ccc1OCc1ccnc(-c2ccccc2OC)n1. The molecule has 2 aromatic carbocycles. The predicted molar refractivity (Wildman–Crippen MR) is 153 cm³/mol. The van der Waals surface area contributed by atoms with Crippen LogP contribution in [-0.4, -0.2) is 49.2 Å². The van der Waals surface area contributed by atoms with Gasteiger partial charge < -0.3 is 23.7 Å². The average Bonchev–Trinajstić information content (AvgIpc) is 2.91. The van der Waals surface area contributed by atoms with Crippen molar-refractivity contribution < 1.29 is 28.5 Å². The average molecular weight is 553 g/mol. The normalized spacial score (nSPS) is 12.6. The molecule has 0 amide bonds. The lowest BCUT2D eigenvalue weighted by atomic mass is 10.0. The van der Waals surface area contributed by atoms with E-state index in [1.54, 1.807) is 26.3 Å². The summed E-state index contributed by atoms with van der Waals surface area (Å²) in [5.41, 5.74) is 3.09. The number of methoxy groups -OCH3 is 1. The molecule has 0 radical (unpaired) electrons.